The number of hydrogen-bond acceptors (Lipinski definition) is 3. The lowest BCUT2D eigenvalue weighted by molar-refractivity contribution is -0.384. The normalized spacial score (nSPS) is 16.1. The van der Waals surface area contributed by atoms with Crippen LogP contribution in [0.25, 0.3) is 11.6 Å². The molecule has 3 rings (SSSR count). The van der Waals surface area contributed by atoms with Crippen LogP contribution in [0.5, 0.6) is 0 Å². The van der Waals surface area contributed by atoms with E-state index < -0.39 is 4.92 Å². The summed E-state index contributed by atoms with van der Waals surface area (Å²) >= 11 is 0. The fraction of sp³-hybridized carbons (Fsp3) is 0.0714. The Kier molecular flexibility index (Phi) is 2.87. The van der Waals surface area contributed by atoms with Crippen molar-refractivity contribution in [2.24, 2.45) is 6.26 Å². The summed E-state index contributed by atoms with van der Waals surface area (Å²) in [6.45, 7) is 0. The highest BCUT2D eigenvalue weighted by Gasteiger charge is 2.27. The number of benzene rings is 1. The molecule has 0 aliphatic carbocycles. The zero-order valence-corrected chi connectivity index (χ0v) is 11.4. The maximum absolute atomic E-state index is 12.0. The molecule has 1 aliphatic rings. The summed E-state index contributed by atoms with van der Waals surface area (Å²) in [7, 11) is -0.0222. The van der Waals surface area contributed by atoms with E-state index in [1.54, 1.807) is 6.07 Å². The van der Waals surface area contributed by atoms with Crippen LogP contribution in [0.4, 0.5) is 11.4 Å². The quantitative estimate of drug-likeness (QED) is 0.398. The van der Waals surface area contributed by atoms with Crippen molar-refractivity contribution in [3.63, 3.8) is 0 Å². The Bertz CT molecular complexity index is 762. The van der Waals surface area contributed by atoms with Crippen LogP contribution in [0.1, 0.15) is 10.4 Å². The zero-order valence-electron chi connectivity index (χ0n) is 10.6. The van der Waals surface area contributed by atoms with Crippen molar-refractivity contribution >= 4 is 39.4 Å². The van der Waals surface area contributed by atoms with Gasteiger partial charge in [0.15, 0.2) is 4.88 Å². The van der Waals surface area contributed by atoms with Crippen LogP contribution in [0.2, 0.25) is 0 Å². The number of carbonyl (C=O) groups excluding carboxylic acids is 1. The Morgan fingerprint density at radius 3 is 2.80 bits per heavy atom. The SMILES string of the molecule is C[s+]1cccc1C=C1C(=O)Nc2ccc([N+](=O)[O-])cc21. The minimum absolute atomic E-state index is 0.0137. The molecule has 20 heavy (non-hydrogen) atoms. The van der Waals surface area contributed by atoms with Crippen molar-refractivity contribution in [3.8, 4) is 0 Å². The minimum atomic E-state index is -0.457. The molecule has 1 unspecified atom stereocenters. The fourth-order valence-electron chi connectivity index (χ4n) is 2.15. The van der Waals surface area contributed by atoms with Gasteiger partial charge in [-0.3, -0.25) is 14.9 Å². The highest BCUT2D eigenvalue weighted by molar-refractivity contribution is 7.29. The number of nitro groups is 1. The molecular weight excluding hydrogens is 276 g/mol. The van der Waals surface area contributed by atoms with Gasteiger partial charge in [0, 0.05) is 35.5 Å². The first-order chi connectivity index (χ1) is 9.56. The second-order valence-corrected chi connectivity index (χ2v) is 6.31. The second-order valence-electron chi connectivity index (χ2n) is 4.45. The molecule has 0 saturated heterocycles. The lowest BCUT2D eigenvalue weighted by Crippen LogP contribution is -2.03. The van der Waals surface area contributed by atoms with Gasteiger partial charge in [-0.25, -0.2) is 0 Å². The number of nitro benzene ring substituents is 1. The summed E-state index contributed by atoms with van der Waals surface area (Å²) in [4.78, 5) is 23.5. The maximum Gasteiger partial charge on any atom is 0.270 e. The Morgan fingerprint density at radius 2 is 2.15 bits per heavy atom. The highest BCUT2D eigenvalue weighted by atomic mass is 32.2. The standard InChI is InChI=1S/C14H10N2O3S/c1-20-6-2-3-10(20)8-12-11-7-9(16(18)19)4-5-13(11)15-14(12)17/h2-8H,1H3/p+1. The van der Waals surface area contributed by atoms with Crippen LogP contribution in [-0.2, 0) is 11.1 Å². The molecule has 1 amide bonds. The Balaban J connectivity index is 2.13. The van der Waals surface area contributed by atoms with E-state index in [4.69, 9.17) is 0 Å². The fourth-order valence-corrected chi connectivity index (χ4v) is 3.22. The second kappa shape index (κ2) is 4.57. The van der Waals surface area contributed by atoms with Crippen molar-refractivity contribution < 1.29 is 9.72 Å². The Morgan fingerprint density at radius 1 is 1.35 bits per heavy atom. The van der Waals surface area contributed by atoms with Crippen molar-refractivity contribution in [1.82, 2.24) is 0 Å². The predicted molar refractivity (Wildman–Crippen MR) is 79.5 cm³/mol. The molecule has 0 fully saturated rings. The lowest BCUT2D eigenvalue weighted by Gasteiger charge is -1.97. The van der Waals surface area contributed by atoms with Gasteiger partial charge >= 0.3 is 0 Å². The smallest absolute Gasteiger partial charge is 0.270 e. The molecule has 0 bridgehead atoms. The number of nitrogens with one attached hydrogen (secondary N) is 1. The third kappa shape index (κ3) is 2.00. The van der Waals surface area contributed by atoms with Gasteiger partial charge in [-0.1, -0.05) is 0 Å². The summed E-state index contributed by atoms with van der Waals surface area (Å²) in [6.07, 6.45) is 3.88. The lowest BCUT2D eigenvalue weighted by atomic mass is 10.1. The van der Waals surface area contributed by atoms with Gasteiger partial charge in [-0.05, 0) is 22.6 Å². The number of amides is 1. The number of anilines is 1. The summed E-state index contributed by atoms with van der Waals surface area (Å²) in [5, 5.41) is 15.6. The third-order valence-electron chi connectivity index (χ3n) is 3.20. The van der Waals surface area contributed by atoms with Gasteiger partial charge in [0.25, 0.3) is 11.6 Å². The van der Waals surface area contributed by atoms with E-state index in [0.717, 1.165) is 4.88 Å². The minimum Gasteiger partial charge on any atom is -0.321 e. The molecule has 2 heterocycles. The van der Waals surface area contributed by atoms with E-state index in [0.29, 0.717) is 16.8 Å². The number of hydrogen-bond donors (Lipinski definition) is 1. The molecule has 1 aromatic heterocycles. The van der Waals surface area contributed by atoms with Crippen LogP contribution >= 0.6 is 10.5 Å². The molecule has 2 aromatic rings. The zero-order chi connectivity index (χ0) is 14.3. The van der Waals surface area contributed by atoms with Gasteiger partial charge in [-0.15, -0.1) is 0 Å². The number of carbonyl (C=O) groups is 1. The number of fused-ring (bicyclic) bond motifs is 1. The molecule has 100 valence electrons. The molecule has 6 heteroatoms. The molecule has 0 saturated carbocycles. The molecule has 5 nitrogen and oxygen atoms in total. The largest absolute Gasteiger partial charge is 0.321 e. The van der Waals surface area contributed by atoms with Crippen LogP contribution in [-0.4, -0.2) is 10.8 Å². The van der Waals surface area contributed by atoms with Crippen LogP contribution in [0.3, 0.4) is 0 Å². The summed E-state index contributed by atoms with van der Waals surface area (Å²) < 4.78 is 0. The molecule has 1 aliphatic heterocycles. The van der Waals surface area contributed by atoms with Gasteiger partial charge in [0.05, 0.1) is 10.5 Å². The van der Waals surface area contributed by atoms with E-state index >= 15 is 0 Å². The van der Waals surface area contributed by atoms with E-state index in [1.807, 2.05) is 18.2 Å². The Labute approximate surface area is 117 Å². The molecule has 1 atom stereocenters. The summed E-state index contributed by atoms with van der Waals surface area (Å²) in [5.41, 5.74) is 1.68. The number of rotatable bonds is 2. The maximum atomic E-state index is 12.0. The highest BCUT2D eigenvalue weighted by Crippen LogP contribution is 2.37. The van der Waals surface area contributed by atoms with E-state index in [-0.39, 0.29) is 22.1 Å². The Hall–Kier alpha value is -2.47. The molecule has 1 aromatic carbocycles. The number of aryl methyl sites for hydroxylation is 1. The van der Waals surface area contributed by atoms with Gasteiger partial charge < -0.3 is 5.32 Å². The average molecular weight is 287 g/mol. The van der Waals surface area contributed by atoms with Gasteiger partial charge in [0.2, 0.25) is 0 Å². The van der Waals surface area contributed by atoms with Crippen LogP contribution < -0.4 is 5.32 Å². The third-order valence-corrected chi connectivity index (χ3v) is 4.76. The van der Waals surface area contributed by atoms with Crippen molar-refractivity contribution in [2.75, 3.05) is 5.32 Å². The average Bonchev–Trinajstić information content (AvgIpc) is 2.94. The van der Waals surface area contributed by atoms with Gasteiger partial charge in [-0.2, -0.15) is 0 Å². The number of nitrogens with zero attached hydrogens (tertiary/aromatic N) is 1. The molecule has 1 N–H and O–H groups in total. The first kappa shape index (κ1) is 12.6. The van der Waals surface area contributed by atoms with Crippen LogP contribution in [0, 0.1) is 10.1 Å². The topological polar surface area (TPSA) is 72.2 Å². The summed E-state index contributed by atoms with van der Waals surface area (Å²) in [6, 6.07) is 8.31. The number of non-ortho nitro benzene ring substituents is 1. The van der Waals surface area contributed by atoms with Crippen molar-refractivity contribution in [3.05, 3.63) is 56.3 Å². The molecule has 0 spiro atoms. The van der Waals surface area contributed by atoms with E-state index in [9.17, 15) is 14.9 Å². The van der Waals surface area contributed by atoms with Gasteiger partial charge in [0.1, 0.15) is 11.6 Å². The van der Waals surface area contributed by atoms with Crippen molar-refractivity contribution in [1.29, 1.82) is 0 Å². The first-order valence-electron chi connectivity index (χ1n) is 5.91. The monoisotopic (exact) mass is 287 g/mol. The first-order valence-corrected chi connectivity index (χ1v) is 7.61. The summed E-state index contributed by atoms with van der Waals surface area (Å²) in [5.74, 6) is -0.217. The predicted octanol–water partition coefficient (Wildman–Crippen LogP) is 3.37. The van der Waals surface area contributed by atoms with E-state index in [1.165, 1.54) is 12.1 Å². The molecule has 0 radical (unpaired) electrons. The number of thiophene rings is 1. The molecular formula is C14H11N2O3S+. The van der Waals surface area contributed by atoms with Crippen molar-refractivity contribution in [2.45, 2.75) is 0 Å². The van der Waals surface area contributed by atoms with Crippen LogP contribution in [0.15, 0.2) is 35.7 Å². The van der Waals surface area contributed by atoms with E-state index in [2.05, 4.69) is 17.0 Å².